The average Bonchev–Trinajstić information content (AvgIpc) is 3.01. The number of nitrogens with one attached hydrogen (secondary N) is 1. The lowest BCUT2D eigenvalue weighted by molar-refractivity contribution is 0.0937. The highest BCUT2D eigenvalue weighted by Gasteiger charge is 2.09. The molecule has 0 aliphatic rings. The van der Waals surface area contributed by atoms with Crippen molar-refractivity contribution in [1.29, 1.82) is 0 Å². The Labute approximate surface area is 144 Å². The molecular formula is C19H17N3O3. The summed E-state index contributed by atoms with van der Waals surface area (Å²) >= 11 is 0. The van der Waals surface area contributed by atoms with Crippen molar-refractivity contribution >= 4 is 28.9 Å². The Morgan fingerprint density at radius 2 is 1.84 bits per heavy atom. The number of carbonyl (C=O) groups excluding carboxylic acids is 2. The highest BCUT2D eigenvalue weighted by Crippen LogP contribution is 2.19. The van der Waals surface area contributed by atoms with Crippen molar-refractivity contribution in [2.24, 2.45) is 5.10 Å². The van der Waals surface area contributed by atoms with Gasteiger partial charge in [-0.05, 0) is 30.3 Å². The highest BCUT2D eigenvalue weighted by atomic mass is 16.5. The number of ether oxygens (including phenoxy) is 1. The molecule has 0 bridgehead atoms. The van der Waals surface area contributed by atoms with Crippen LogP contribution in [0.4, 0.5) is 0 Å². The van der Waals surface area contributed by atoms with Gasteiger partial charge in [0.25, 0.3) is 5.91 Å². The number of hydrogen-bond acceptors (Lipinski definition) is 4. The van der Waals surface area contributed by atoms with Crippen molar-refractivity contribution in [3.63, 3.8) is 0 Å². The van der Waals surface area contributed by atoms with Gasteiger partial charge in [0.2, 0.25) is 5.91 Å². The van der Waals surface area contributed by atoms with Gasteiger partial charge in [-0.1, -0.05) is 18.2 Å². The Hall–Kier alpha value is -3.41. The smallest absolute Gasteiger partial charge is 0.271 e. The molecule has 3 rings (SSSR count). The molecule has 0 saturated carbocycles. The average molecular weight is 335 g/mol. The van der Waals surface area contributed by atoms with Gasteiger partial charge in [-0.3, -0.25) is 14.2 Å². The SMILES string of the molecule is COc1ccc(C(=O)NN=Cc2cn(C(C)=O)c3ccccc23)cc1. The lowest BCUT2D eigenvalue weighted by Gasteiger charge is -2.01. The van der Waals surface area contributed by atoms with E-state index in [1.807, 2.05) is 24.3 Å². The predicted octanol–water partition coefficient (Wildman–Crippen LogP) is 3.07. The largest absolute Gasteiger partial charge is 0.497 e. The van der Waals surface area contributed by atoms with Crippen LogP contribution in [0.3, 0.4) is 0 Å². The van der Waals surface area contributed by atoms with Crippen molar-refractivity contribution < 1.29 is 14.3 Å². The van der Waals surface area contributed by atoms with E-state index in [-0.39, 0.29) is 11.8 Å². The Morgan fingerprint density at radius 1 is 1.12 bits per heavy atom. The van der Waals surface area contributed by atoms with E-state index in [0.717, 1.165) is 16.5 Å². The first-order chi connectivity index (χ1) is 12.1. The number of fused-ring (bicyclic) bond motifs is 1. The molecule has 1 aromatic heterocycles. The maximum atomic E-state index is 12.1. The minimum Gasteiger partial charge on any atom is -0.497 e. The number of methoxy groups -OCH3 is 1. The van der Waals surface area contributed by atoms with E-state index in [1.165, 1.54) is 13.1 Å². The van der Waals surface area contributed by atoms with Gasteiger partial charge in [0.15, 0.2) is 0 Å². The summed E-state index contributed by atoms with van der Waals surface area (Å²) in [7, 11) is 1.57. The Kier molecular flexibility index (Phi) is 4.61. The number of hydrogen-bond donors (Lipinski definition) is 1. The lowest BCUT2D eigenvalue weighted by Crippen LogP contribution is -2.17. The third-order valence-corrected chi connectivity index (χ3v) is 3.80. The van der Waals surface area contributed by atoms with Crippen LogP contribution in [0.15, 0.2) is 59.8 Å². The quantitative estimate of drug-likeness (QED) is 0.588. The van der Waals surface area contributed by atoms with E-state index < -0.39 is 0 Å². The third-order valence-electron chi connectivity index (χ3n) is 3.80. The zero-order chi connectivity index (χ0) is 17.8. The van der Waals surface area contributed by atoms with Crippen LogP contribution in [0.25, 0.3) is 10.9 Å². The summed E-state index contributed by atoms with van der Waals surface area (Å²) in [6, 6.07) is 14.3. The molecule has 2 aromatic carbocycles. The highest BCUT2D eigenvalue weighted by molar-refractivity contribution is 6.03. The van der Waals surface area contributed by atoms with E-state index in [4.69, 9.17) is 4.74 Å². The molecule has 1 amide bonds. The maximum Gasteiger partial charge on any atom is 0.271 e. The monoisotopic (exact) mass is 335 g/mol. The van der Waals surface area contributed by atoms with Crippen LogP contribution in [0.1, 0.15) is 27.6 Å². The summed E-state index contributed by atoms with van der Waals surface area (Å²) in [5.74, 6) is 0.268. The second-order valence-corrected chi connectivity index (χ2v) is 5.42. The zero-order valence-electron chi connectivity index (χ0n) is 13.9. The van der Waals surface area contributed by atoms with Crippen LogP contribution in [0.2, 0.25) is 0 Å². The minimum atomic E-state index is -0.325. The van der Waals surface area contributed by atoms with Crippen molar-refractivity contribution in [1.82, 2.24) is 9.99 Å². The summed E-state index contributed by atoms with van der Waals surface area (Å²) in [6.07, 6.45) is 3.24. The molecule has 0 fully saturated rings. The van der Waals surface area contributed by atoms with Crippen LogP contribution < -0.4 is 10.2 Å². The number of benzene rings is 2. The van der Waals surface area contributed by atoms with Crippen molar-refractivity contribution in [2.45, 2.75) is 6.92 Å². The first-order valence-electron chi connectivity index (χ1n) is 7.68. The first kappa shape index (κ1) is 16.4. The molecule has 25 heavy (non-hydrogen) atoms. The van der Waals surface area contributed by atoms with Gasteiger partial charge in [-0.15, -0.1) is 0 Å². The van der Waals surface area contributed by atoms with Gasteiger partial charge in [0, 0.05) is 29.6 Å². The van der Waals surface area contributed by atoms with E-state index in [0.29, 0.717) is 11.3 Å². The van der Waals surface area contributed by atoms with Gasteiger partial charge >= 0.3 is 0 Å². The number of aromatic nitrogens is 1. The summed E-state index contributed by atoms with van der Waals surface area (Å²) in [6.45, 7) is 1.50. The van der Waals surface area contributed by atoms with Crippen LogP contribution in [0.5, 0.6) is 5.75 Å². The fraction of sp³-hybridized carbons (Fsp3) is 0.105. The zero-order valence-corrected chi connectivity index (χ0v) is 13.9. The molecule has 126 valence electrons. The summed E-state index contributed by atoms with van der Waals surface area (Å²) in [5, 5.41) is 4.89. The van der Waals surface area contributed by atoms with Gasteiger partial charge in [0.1, 0.15) is 5.75 Å². The molecule has 0 aliphatic heterocycles. The molecule has 0 atom stereocenters. The standard InChI is InChI=1S/C19H17N3O3/c1-13(23)22-12-15(17-5-3-4-6-18(17)22)11-20-21-19(24)14-7-9-16(25-2)10-8-14/h3-12H,1-2H3,(H,21,24). The van der Waals surface area contributed by atoms with Gasteiger partial charge in [0.05, 0.1) is 18.8 Å². The van der Waals surface area contributed by atoms with Gasteiger partial charge < -0.3 is 4.74 Å². The van der Waals surface area contributed by atoms with Gasteiger partial charge in [-0.25, -0.2) is 5.43 Å². The van der Waals surface area contributed by atoms with E-state index in [9.17, 15) is 9.59 Å². The molecule has 6 nitrogen and oxygen atoms in total. The maximum absolute atomic E-state index is 12.1. The van der Waals surface area contributed by atoms with E-state index >= 15 is 0 Å². The van der Waals surface area contributed by atoms with Crippen molar-refractivity contribution in [3.8, 4) is 5.75 Å². The molecule has 1 N–H and O–H groups in total. The first-order valence-corrected chi connectivity index (χ1v) is 7.68. The summed E-state index contributed by atoms with van der Waals surface area (Å²) < 4.78 is 6.62. The van der Waals surface area contributed by atoms with Crippen LogP contribution in [-0.4, -0.2) is 29.7 Å². The van der Waals surface area contributed by atoms with Crippen LogP contribution >= 0.6 is 0 Å². The van der Waals surface area contributed by atoms with E-state index in [2.05, 4.69) is 10.5 Å². The lowest BCUT2D eigenvalue weighted by atomic mass is 10.2. The van der Waals surface area contributed by atoms with E-state index in [1.54, 1.807) is 42.1 Å². The Balaban J connectivity index is 1.79. The van der Waals surface area contributed by atoms with Gasteiger partial charge in [-0.2, -0.15) is 5.10 Å². The molecule has 6 heteroatoms. The Bertz CT molecular complexity index is 956. The normalized spacial score (nSPS) is 11.0. The topological polar surface area (TPSA) is 72.7 Å². The molecule has 0 radical (unpaired) electrons. The molecule has 0 unspecified atom stereocenters. The Morgan fingerprint density at radius 3 is 2.52 bits per heavy atom. The summed E-state index contributed by atoms with van der Waals surface area (Å²) in [4.78, 5) is 23.8. The number of rotatable bonds is 4. The number of hydrazone groups is 1. The number of amides is 1. The van der Waals surface area contributed by atoms with Crippen LogP contribution in [-0.2, 0) is 0 Å². The summed E-state index contributed by atoms with van der Waals surface area (Å²) in [5.41, 5.74) is 4.51. The second-order valence-electron chi connectivity index (χ2n) is 5.42. The molecule has 0 saturated heterocycles. The molecule has 0 spiro atoms. The number of carbonyl (C=O) groups is 2. The molecular weight excluding hydrogens is 318 g/mol. The fourth-order valence-corrected chi connectivity index (χ4v) is 2.54. The van der Waals surface area contributed by atoms with Crippen molar-refractivity contribution in [2.75, 3.05) is 7.11 Å². The second kappa shape index (κ2) is 7.00. The minimum absolute atomic E-state index is 0.0851. The fourth-order valence-electron chi connectivity index (χ4n) is 2.54. The molecule has 0 aliphatic carbocycles. The van der Waals surface area contributed by atoms with Crippen molar-refractivity contribution in [3.05, 3.63) is 65.9 Å². The number of para-hydroxylation sites is 1. The third kappa shape index (κ3) is 3.42. The molecule has 3 aromatic rings. The number of nitrogens with zero attached hydrogens (tertiary/aromatic N) is 2. The predicted molar refractivity (Wildman–Crippen MR) is 96.3 cm³/mol. The molecule has 1 heterocycles. The van der Waals surface area contributed by atoms with Crippen LogP contribution in [0, 0.1) is 0 Å².